The lowest BCUT2D eigenvalue weighted by molar-refractivity contribution is 0.220. The van der Waals surface area contributed by atoms with Crippen molar-refractivity contribution in [2.24, 2.45) is 0 Å². The van der Waals surface area contributed by atoms with Gasteiger partial charge < -0.3 is 9.80 Å². The Morgan fingerprint density at radius 1 is 1.32 bits per heavy atom. The fourth-order valence-electron chi connectivity index (χ4n) is 2.79. The van der Waals surface area contributed by atoms with Crippen LogP contribution < -0.4 is 4.90 Å². The minimum absolute atomic E-state index is 0.555. The number of halogens is 1. The van der Waals surface area contributed by atoms with Gasteiger partial charge in [-0.3, -0.25) is 0 Å². The maximum absolute atomic E-state index is 6.17. The van der Waals surface area contributed by atoms with Gasteiger partial charge >= 0.3 is 0 Å². The second-order valence-electron chi connectivity index (χ2n) is 5.10. The molecule has 0 spiro atoms. The van der Waals surface area contributed by atoms with E-state index in [1.165, 1.54) is 25.9 Å². The average Bonchev–Trinajstić information content (AvgIpc) is 2.46. The molecule has 1 fully saturated rings. The maximum atomic E-state index is 6.17. The minimum Gasteiger partial charge on any atom is -0.356 e. The fraction of sp³-hybridized carbons (Fsp3) is 0.714. The second-order valence-corrected chi connectivity index (χ2v) is 5.45. The van der Waals surface area contributed by atoms with Crippen molar-refractivity contribution in [1.82, 2.24) is 14.9 Å². The predicted molar refractivity (Wildman–Crippen MR) is 80.0 cm³/mol. The van der Waals surface area contributed by atoms with Gasteiger partial charge in [0.2, 0.25) is 0 Å². The van der Waals surface area contributed by atoms with Crippen molar-refractivity contribution in [3.63, 3.8) is 0 Å². The van der Waals surface area contributed by atoms with E-state index >= 15 is 0 Å². The summed E-state index contributed by atoms with van der Waals surface area (Å²) in [7, 11) is 2.13. The smallest absolute Gasteiger partial charge is 0.137 e. The third-order valence-electron chi connectivity index (χ3n) is 4.11. The highest BCUT2D eigenvalue weighted by molar-refractivity contribution is 6.30. The quantitative estimate of drug-likeness (QED) is 0.795. The number of nitrogens with zero attached hydrogens (tertiary/aromatic N) is 4. The lowest BCUT2D eigenvalue weighted by Gasteiger charge is -2.37. The van der Waals surface area contributed by atoms with Gasteiger partial charge in [0.05, 0.1) is 0 Å². The van der Waals surface area contributed by atoms with Crippen molar-refractivity contribution in [2.75, 3.05) is 31.6 Å². The molecule has 1 saturated heterocycles. The predicted octanol–water partition coefficient (Wildman–Crippen LogP) is 2.61. The molecule has 0 aromatic carbocycles. The van der Waals surface area contributed by atoms with Crippen molar-refractivity contribution in [3.05, 3.63) is 17.0 Å². The Labute approximate surface area is 120 Å². The summed E-state index contributed by atoms with van der Waals surface area (Å²) < 4.78 is 0. The molecular formula is C14H23ClN4. The van der Waals surface area contributed by atoms with Crippen LogP contribution in [0.4, 0.5) is 5.82 Å². The van der Waals surface area contributed by atoms with Crippen molar-refractivity contribution in [1.29, 1.82) is 0 Å². The molecule has 0 amide bonds. The minimum atomic E-state index is 0.555. The standard InChI is InChI=1S/C14H23ClN4/c1-4-12-13(15)16-10-17-14(12)18(3)11-6-8-19(5-2)9-7-11/h10-11H,4-9H2,1-3H3. The summed E-state index contributed by atoms with van der Waals surface area (Å²) in [5.74, 6) is 0.998. The van der Waals surface area contributed by atoms with Crippen LogP contribution in [0, 0.1) is 0 Å². The first kappa shape index (κ1) is 14.5. The lowest BCUT2D eigenvalue weighted by Crippen LogP contribution is -2.43. The van der Waals surface area contributed by atoms with Gasteiger partial charge in [0, 0.05) is 31.7 Å². The van der Waals surface area contributed by atoms with Gasteiger partial charge in [-0.15, -0.1) is 0 Å². The van der Waals surface area contributed by atoms with E-state index in [2.05, 4.69) is 40.7 Å². The highest BCUT2D eigenvalue weighted by atomic mass is 35.5. The van der Waals surface area contributed by atoms with Gasteiger partial charge in [-0.1, -0.05) is 25.4 Å². The number of anilines is 1. The molecule has 5 heteroatoms. The van der Waals surface area contributed by atoms with Crippen molar-refractivity contribution < 1.29 is 0 Å². The molecule has 19 heavy (non-hydrogen) atoms. The molecule has 0 bridgehead atoms. The van der Waals surface area contributed by atoms with Crippen LogP contribution in [0.5, 0.6) is 0 Å². The molecule has 1 aromatic heterocycles. The van der Waals surface area contributed by atoms with Crippen molar-refractivity contribution >= 4 is 17.4 Å². The molecule has 2 rings (SSSR count). The molecule has 0 aliphatic carbocycles. The summed E-state index contributed by atoms with van der Waals surface area (Å²) in [6.07, 6.45) is 4.81. The van der Waals surface area contributed by atoms with E-state index in [4.69, 9.17) is 11.6 Å². The number of aromatic nitrogens is 2. The SMILES string of the molecule is CCc1c(Cl)ncnc1N(C)C1CCN(CC)CC1. The molecule has 1 aliphatic heterocycles. The van der Waals surface area contributed by atoms with Crippen LogP contribution in [0.3, 0.4) is 0 Å². The van der Waals surface area contributed by atoms with Gasteiger partial charge in [-0.2, -0.15) is 0 Å². The normalized spacial score (nSPS) is 17.7. The molecular weight excluding hydrogens is 260 g/mol. The van der Waals surface area contributed by atoms with Gasteiger partial charge in [-0.25, -0.2) is 9.97 Å². The van der Waals surface area contributed by atoms with Gasteiger partial charge in [-0.05, 0) is 25.8 Å². The molecule has 4 nitrogen and oxygen atoms in total. The summed E-state index contributed by atoms with van der Waals surface area (Å²) in [4.78, 5) is 13.3. The highest BCUT2D eigenvalue weighted by Crippen LogP contribution is 2.27. The van der Waals surface area contributed by atoms with Gasteiger partial charge in [0.25, 0.3) is 0 Å². The van der Waals surface area contributed by atoms with E-state index in [1.54, 1.807) is 6.33 Å². The third kappa shape index (κ3) is 3.18. The number of rotatable bonds is 4. The summed E-state index contributed by atoms with van der Waals surface area (Å²) in [6.45, 7) is 7.82. The Morgan fingerprint density at radius 2 is 2.00 bits per heavy atom. The molecule has 2 heterocycles. The summed E-state index contributed by atoms with van der Waals surface area (Å²) in [5, 5.41) is 0.588. The molecule has 1 aromatic rings. The van der Waals surface area contributed by atoms with Crippen LogP contribution in [0.1, 0.15) is 32.3 Å². The van der Waals surface area contributed by atoms with E-state index in [1.807, 2.05) is 0 Å². The molecule has 0 radical (unpaired) electrons. The van der Waals surface area contributed by atoms with Crippen molar-refractivity contribution in [2.45, 2.75) is 39.2 Å². The van der Waals surface area contributed by atoms with Gasteiger partial charge in [0.15, 0.2) is 0 Å². The van der Waals surface area contributed by atoms with E-state index < -0.39 is 0 Å². The Hall–Kier alpha value is -0.870. The molecule has 0 unspecified atom stereocenters. The molecule has 0 atom stereocenters. The summed E-state index contributed by atoms with van der Waals surface area (Å²) in [6, 6.07) is 0.555. The second kappa shape index (κ2) is 6.53. The zero-order valence-electron chi connectivity index (χ0n) is 12.1. The van der Waals surface area contributed by atoms with Crippen LogP contribution >= 0.6 is 11.6 Å². The van der Waals surface area contributed by atoms with E-state index in [0.29, 0.717) is 11.2 Å². The van der Waals surface area contributed by atoms with Crippen LogP contribution in [0.15, 0.2) is 6.33 Å². The zero-order chi connectivity index (χ0) is 13.8. The molecule has 1 aliphatic rings. The van der Waals surface area contributed by atoms with Crippen LogP contribution in [0.2, 0.25) is 5.15 Å². The van der Waals surface area contributed by atoms with Gasteiger partial charge in [0.1, 0.15) is 17.3 Å². The monoisotopic (exact) mass is 282 g/mol. The Morgan fingerprint density at radius 3 is 2.58 bits per heavy atom. The molecule has 106 valence electrons. The van der Waals surface area contributed by atoms with E-state index in [-0.39, 0.29) is 0 Å². The van der Waals surface area contributed by atoms with E-state index in [9.17, 15) is 0 Å². The first-order valence-corrected chi connectivity index (χ1v) is 7.49. The first-order valence-electron chi connectivity index (χ1n) is 7.11. The van der Waals surface area contributed by atoms with Crippen LogP contribution in [-0.4, -0.2) is 47.6 Å². The molecule has 0 saturated carbocycles. The number of hydrogen-bond acceptors (Lipinski definition) is 4. The number of hydrogen-bond donors (Lipinski definition) is 0. The van der Waals surface area contributed by atoms with Crippen molar-refractivity contribution in [3.8, 4) is 0 Å². The first-order chi connectivity index (χ1) is 9.17. The maximum Gasteiger partial charge on any atom is 0.137 e. The average molecular weight is 283 g/mol. The fourth-order valence-corrected chi connectivity index (χ4v) is 3.05. The number of likely N-dealkylation sites (tertiary alicyclic amines) is 1. The van der Waals surface area contributed by atoms with Crippen LogP contribution in [-0.2, 0) is 6.42 Å². The Bertz CT molecular complexity index is 416. The highest BCUT2D eigenvalue weighted by Gasteiger charge is 2.24. The molecule has 0 N–H and O–H groups in total. The largest absolute Gasteiger partial charge is 0.356 e. The van der Waals surface area contributed by atoms with Crippen LogP contribution in [0.25, 0.3) is 0 Å². The number of piperidine rings is 1. The summed E-state index contributed by atoms with van der Waals surface area (Å²) >= 11 is 6.17. The zero-order valence-corrected chi connectivity index (χ0v) is 12.8. The third-order valence-corrected chi connectivity index (χ3v) is 4.44. The van der Waals surface area contributed by atoms with E-state index in [0.717, 1.165) is 24.3 Å². The summed E-state index contributed by atoms with van der Waals surface area (Å²) in [5.41, 5.74) is 1.06. The Kier molecular flexibility index (Phi) is 4.99. The lowest BCUT2D eigenvalue weighted by atomic mass is 10.0. The Balaban J connectivity index is 2.12. The topological polar surface area (TPSA) is 32.3 Å².